The van der Waals surface area contributed by atoms with E-state index >= 15 is 0 Å². The molecule has 2 aliphatic heterocycles. The zero-order valence-electron chi connectivity index (χ0n) is 12.8. The molecule has 0 saturated carbocycles. The Kier molecular flexibility index (Phi) is 4.56. The summed E-state index contributed by atoms with van der Waals surface area (Å²) in [6, 6.07) is 8.50. The zero-order valence-corrected chi connectivity index (χ0v) is 12.8. The minimum atomic E-state index is -0.234. The summed E-state index contributed by atoms with van der Waals surface area (Å²) in [6.07, 6.45) is 4.02. The molecule has 2 fully saturated rings. The van der Waals surface area contributed by atoms with Crippen LogP contribution in [-0.4, -0.2) is 55.1 Å². The number of fused-ring (bicyclic) bond motifs is 1. The Bertz CT molecular complexity index is 503. The van der Waals surface area contributed by atoms with Crippen molar-refractivity contribution in [3.8, 4) is 0 Å². The van der Waals surface area contributed by atoms with E-state index in [9.17, 15) is 4.79 Å². The predicted molar refractivity (Wildman–Crippen MR) is 82.3 cm³/mol. The summed E-state index contributed by atoms with van der Waals surface area (Å²) >= 11 is 0. The van der Waals surface area contributed by atoms with Crippen LogP contribution in [0.1, 0.15) is 35.2 Å². The highest BCUT2D eigenvalue weighted by Gasteiger charge is 2.29. The Hall–Kier alpha value is -1.39. The number of methoxy groups -OCH3 is 1. The highest BCUT2D eigenvalue weighted by molar-refractivity contribution is 5.90. The number of hydrogen-bond acceptors (Lipinski definition) is 4. The number of rotatable bonds is 3. The Morgan fingerprint density at radius 3 is 2.95 bits per heavy atom. The van der Waals surface area contributed by atoms with E-state index in [1.807, 2.05) is 24.3 Å². The van der Waals surface area contributed by atoms with E-state index in [1.165, 1.54) is 32.9 Å². The second-order valence-corrected chi connectivity index (χ2v) is 6.07. The van der Waals surface area contributed by atoms with E-state index in [0.29, 0.717) is 11.6 Å². The standard InChI is InChI=1S/C17H24N2O2/c1-21-17(20)16-8-3-2-6-14(16)12-18-10-11-19-9-5-4-7-15(19)13-18/h2-3,6,8,15H,4-5,7,9-13H2,1H3. The van der Waals surface area contributed by atoms with Crippen molar-refractivity contribution in [3.63, 3.8) is 0 Å². The summed E-state index contributed by atoms with van der Waals surface area (Å²) in [5.41, 5.74) is 1.78. The Morgan fingerprint density at radius 1 is 1.24 bits per heavy atom. The summed E-state index contributed by atoms with van der Waals surface area (Å²) < 4.78 is 4.89. The lowest BCUT2D eigenvalue weighted by molar-refractivity contribution is 0.0449. The van der Waals surface area contributed by atoms with Gasteiger partial charge in [0.25, 0.3) is 0 Å². The fraction of sp³-hybridized carbons (Fsp3) is 0.588. The number of benzene rings is 1. The van der Waals surface area contributed by atoms with Gasteiger partial charge in [0.05, 0.1) is 12.7 Å². The number of esters is 1. The van der Waals surface area contributed by atoms with E-state index in [4.69, 9.17) is 4.74 Å². The van der Waals surface area contributed by atoms with E-state index in [2.05, 4.69) is 9.80 Å². The molecule has 1 aromatic rings. The van der Waals surface area contributed by atoms with E-state index in [-0.39, 0.29) is 5.97 Å². The van der Waals surface area contributed by atoms with Gasteiger partial charge in [-0.2, -0.15) is 0 Å². The molecule has 0 spiro atoms. The molecule has 2 aliphatic rings. The molecule has 4 heteroatoms. The third kappa shape index (κ3) is 3.27. The molecule has 4 nitrogen and oxygen atoms in total. The average molecular weight is 288 g/mol. The second-order valence-electron chi connectivity index (χ2n) is 6.07. The molecule has 0 N–H and O–H groups in total. The number of carbonyl (C=O) groups is 1. The van der Waals surface area contributed by atoms with Gasteiger partial charge in [0, 0.05) is 32.2 Å². The lowest BCUT2D eigenvalue weighted by atomic mass is 9.98. The molecule has 0 radical (unpaired) electrons. The summed E-state index contributed by atoms with van der Waals surface area (Å²) in [6.45, 7) is 5.47. The lowest BCUT2D eigenvalue weighted by Crippen LogP contribution is -2.54. The first-order valence-electron chi connectivity index (χ1n) is 7.90. The maximum Gasteiger partial charge on any atom is 0.338 e. The van der Waals surface area contributed by atoms with Crippen molar-refractivity contribution < 1.29 is 9.53 Å². The molecule has 0 amide bonds. The molecular weight excluding hydrogens is 264 g/mol. The van der Waals surface area contributed by atoms with E-state index in [1.54, 1.807) is 0 Å². The monoisotopic (exact) mass is 288 g/mol. The van der Waals surface area contributed by atoms with Crippen molar-refractivity contribution in [2.45, 2.75) is 31.8 Å². The molecule has 21 heavy (non-hydrogen) atoms. The van der Waals surface area contributed by atoms with Crippen LogP contribution in [0.4, 0.5) is 0 Å². The van der Waals surface area contributed by atoms with Gasteiger partial charge in [-0.3, -0.25) is 9.80 Å². The van der Waals surface area contributed by atoms with Gasteiger partial charge in [0.15, 0.2) is 0 Å². The van der Waals surface area contributed by atoms with Gasteiger partial charge >= 0.3 is 5.97 Å². The van der Waals surface area contributed by atoms with Crippen LogP contribution >= 0.6 is 0 Å². The first kappa shape index (κ1) is 14.5. The van der Waals surface area contributed by atoms with Gasteiger partial charge in [-0.1, -0.05) is 24.6 Å². The van der Waals surface area contributed by atoms with Crippen LogP contribution in [0.25, 0.3) is 0 Å². The van der Waals surface area contributed by atoms with Crippen molar-refractivity contribution >= 4 is 5.97 Å². The molecule has 114 valence electrons. The third-order valence-corrected chi connectivity index (χ3v) is 4.74. The van der Waals surface area contributed by atoms with Crippen LogP contribution in [0.15, 0.2) is 24.3 Å². The van der Waals surface area contributed by atoms with Crippen LogP contribution in [0, 0.1) is 0 Å². The van der Waals surface area contributed by atoms with Crippen LogP contribution in [0.5, 0.6) is 0 Å². The van der Waals surface area contributed by atoms with E-state index in [0.717, 1.165) is 31.7 Å². The summed E-state index contributed by atoms with van der Waals surface area (Å²) in [7, 11) is 1.44. The van der Waals surface area contributed by atoms with Crippen LogP contribution < -0.4 is 0 Å². The molecule has 0 bridgehead atoms. The maximum atomic E-state index is 11.9. The van der Waals surface area contributed by atoms with Crippen molar-refractivity contribution in [3.05, 3.63) is 35.4 Å². The zero-order chi connectivity index (χ0) is 14.7. The average Bonchev–Trinajstić information content (AvgIpc) is 2.54. The molecular formula is C17H24N2O2. The minimum absolute atomic E-state index is 0.234. The number of nitrogens with zero attached hydrogens (tertiary/aromatic N) is 2. The Morgan fingerprint density at radius 2 is 2.10 bits per heavy atom. The van der Waals surface area contributed by atoms with Gasteiger partial charge in [0.2, 0.25) is 0 Å². The van der Waals surface area contributed by atoms with Gasteiger partial charge < -0.3 is 4.74 Å². The van der Waals surface area contributed by atoms with Crippen LogP contribution in [-0.2, 0) is 11.3 Å². The predicted octanol–water partition coefficient (Wildman–Crippen LogP) is 2.14. The fourth-order valence-electron chi connectivity index (χ4n) is 3.57. The number of ether oxygens (including phenoxy) is 1. The summed E-state index contributed by atoms with van der Waals surface area (Å²) in [5.74, 6) is -0.234. The number of piperazine rings is 1. The minimum Gasteiger partial charge on any atom is -0.465 e. The molecule has 2 heterocycles. The summed E-state index contributed by atoms with van der Waals surface area (Å²) in [5, 5.41) is 0. The number of hydrogen-bond donors (Lipinski definition) is 0. The Labute approximate surface area is 126 Å². The molecule has 1 aromatic carbocycles. The van der Waals surface area contributed by atoms with Crippen LogP contribution in [0.3, 0.4) is 0 Å². The quantitative estimate of drug-likeness (QED) is 0.798. The SMILES string of the molecule is COC(=O)c1ccccc1CN1CCN2CCCCC2C1. The number of carbonyl (C=O) groups excluding carboxylic acids is 1. The molecule has 0 aromatic heterocycles. The largest absolute Gasteiger partial charge is 0.465 e. The molecule has 2 saturated heterocycles. The van der Waals surface area contributed by atoms with Crippen molar-refractivity contribution in [1.29, 1.82) is 0 Å². The summed E-state index contributed by atoms with van der Waals surface area (Å²) in [4.78, 5) is 17.0. The first-order valence-corrected chi connectivity index (χ1v) is 7.90. The van der Waals surface area contributed by atoms with E-state index < -0.39 is 0 Å². The second kappa shape index (κ2) is 6.58. The maximum absolute atomic E-state index is 11.9. The molecule has 1 atom stereocenters. The highest BCUT2D eigenvalue weighted by atomic mass is 16.5. The molecule has 0 aliphatic carbocycles. The smallest absolute Gasteiger partial charge is 0.338 e. The third-order valence-electron chi connectivity index (χ3n) is 4.74. The first-order chi connectivity index (χ1) is 10.3. The van der Waals surface area contributed by atoms with Crippen molar-refractivity contribution in [1.82, 2.24) is 9.80 Å². The van der Waals surface area contributed by atoms with Gasteiger partial charge in [-0.15, -0.1) is 0 Å². The van der Waals surface area contributed by atoms with Gasteiger partial charge in [0.1, 0.15) is 0 Å². The number of piperidine rings is 1. The fourth-order valence-corrected chi connectivity index (χ4v) is 3.57. The van der Waals surface area contributed by atoms with Crippen molar-refractivity contribution in [2.24, 2.45) is 0 Å². The van der Waals surface area contributed by atoms with Gasteiger partial charge in [-0.25, -0.2) is 4.79 Å². The topological polar surface area (TPSA) is 32.8 Å². The normalized spacial score (nSPS) is 23.6. The molecule has 1 unspecified atom stereocenters. The van der Waals surface area contributed by atoms with Gasteiger partial charge in [-0.05, 0) is 31.0 Å². The highest BCUT2D eigenvalue weighted by Crippen LogP contribution is 2.23. The lowest BCUT2D eigenvalue weighted by Gasteiger charge is -2.44. The van der Waals surface area contributed by atoms with Crippen LogP contribution in [0.2, 0.25) is 0 Å². The Balaban J connectivity index is 1.68. The van der Waals surface area contributed by atoms with Crippen molar-refractivity contribution in [2.75, 3.05) is 33.3 Å². The molecule has 3 rings (SSSR count).